The Balaban J connectivity index is 1.67. The summed E-state index contributed by atoms with van der Waals surface area (Å²) in [7, 11) is 0. The number of anilines is 1. The summed E-state index contributed by atoms with van der Waals surface area (Å²) in [5, 5.41) is 16.1. The van der Waals surface area contributed by atoms with Crippen molar-refractivity contribution in [3.05, 3.63) is 85.9 Å². The van der Waals surface area contributed by atoms with Gasteiger partial charge in [-0.2, -0.15) is 0 Å². The van der Waals surface area contributed by atoms with Crippen LogP contribution in [0, 0.1) is 6.92 Å². The van der Waals surface area contributed by atoms with Crippen LogP contribution in [0.4, 0.5) is 5.69 Å². The normalized spacial score (nSPS) is 17.4. The second-order valence-corrected chi connectivity index (χ2v) is 10.2. The maximum Gasteiger partial charge on any atom is 0.336 e. The van der Waals surface area contributed by atoms with Gasteiger partial charge in [0, 0.05) is 52.6 Å². The Morgan fingerprint density at radius 3 is 2.63 bits per heavy atom. The lowest BCUT2D eigenvalue weighted by Gasteiger charge is -2.31. The Morgan fingerprint density at radius 2 is 1.77 bits per heavy atom. The molecule has 0 aliphatic carbocycles. The van der Waals surface area contributed by atoms with Gasteiger partial charge in [0.25, 0.3) is 0 Å². The second kappa shape index (κ2) is 7.70. The van der Waals surface area contributed by atoms with Crippen molar-refractivity contribution in [2.24, 2.45) is 0 Å². The first-order valence-corrected chi connectivity index (χ1v) is 12.8. The number of aryl methyl sites for hydroxylation is 2. The molecule has 0 spiro atoms. The largest absolute Gasteiger partial charge is 0.478 e. The van der Waals surface area contributed by atoms with Gasteiger partial charge in [-0.15, -0.1) is 0 Å². The molecule has 0 atom stereocenters. The van der Waals surface area contributed by atoms with E-state index in [-0.39, 0.29) is 0 Å². The average Bonchev–Trinajstić information content (AvgIpc) is 2.88. The number of carboxylic acid groups (broad SMARTS) is 1. The summed E-state index contributed by atoms with van der Waals surface area (Å²) in [6.45, 7) is 5.32. The van der Waals surface area contributed by atoms with Crippen LogP contribution in [-0.4, -0.2) is 30.7 Å². The molecule has 4 heterocycles. The zero-order valence-electron chi connectivity index (χ0n) is 20.0. The van der Waals surface area contributed by atoms with E-state index in [2.05, 4.69) is 28.9 Å². The van der Waals surface area contributed by atoms with E-state index < -0.39 is 5.97 Å². The van der Waals surface area contributed by atoms with Crippen LogP contribution in [0.2, 0.25) is 0 Å². The minimum absolute atomic E-state index is 0.336. The number of nitrogens with zero attached hydrogens (tertiary/aromatic N) is 1. The lowest BCUT2D eigenvalue weighted by atomic mass is 9.83. The quantitative estimate of drug-likeness (QED) is 0.442. The van der Waals surface area contributed by atoms with Crippen LogP contribution in [0.5, 0.6) is 11.5 Å². The molecule has 5 heteroatoms. The third kappa shape index (κ3) is 3.00. The minimum Gasteiger partial charge on any atom is -0.478 e. The maximum atomic E-state index is 12.3. The molecular formula is C30H29N2O3+. The van der Waals surface area contributed by atoms with E-state index in [9.17, 15) is 9.90 Å². The van der Waals surface area contributed by atoms with Gasteiger partial charge in [0.15, 0.2) is 0 Å². The van der Waals surface area contributed by atoms with Crippen molar-refractivity contribution in [2.45, 2.75) is 45.4 Å². The molecule has 0 saturated heterocycles. The molecule has 3 aromatic carbocycles. The smallest absolute Gasteiger partial charge is 0.336 e. The highest BCUT2D eigenvalue weighted by Gasteiger charge is 2.34. The van der Waals surface area contributed by atoms with Gasteiger partial charge < -0.3 is 15.2 Å². The summed E-state index contributed by atoms with van der Waals surface area (Å²) < 4.78 is 9.45. The fraction of sp³-hybridized carbons (Fsp3) is 0.333. The number of carbonyl (C=O) groups is 1. The number of benzene rings is 3. The van der Waals surface area contributed by atoms with E-state index in [1.807, 2.05) is 18.2 Å². The molecule has 4 aliphatic heterocycles. The first kappa shape index (κ1) is 20.7. The van der Waals surface area contributed by atoms with Crippen molar-refractivity contribution in [1.29, 1.82) is 0 Å². The molecule has 7 rings (SSSR count). The molecule has 0 amide bonds. The maximum absolute atomic E-state index is 12.3. The molecular weight excluding hydrogens is 436 g/mol. The van der Waals surface area contributed by atoms with Crippen LogP contribution in [0.1, 0.15) is 63.0 Å². The number of ether oxygens (including phenoxy) is 1. The molecule has 5 nitrogen and oxygen atoms in total. The molecule has 176 valence electrons. The monoisotopic (exact) mass is 465 g/mol. The van der Waals surface area contributed by atoms with Crippen LogP contribution in [0.15, 0.2) is 36.4 Å². The van der Waals surface area contributed by atoms with Crippen LogP contribution in [0.3, 0.4) is 0 Å². The second-order valence-electron chi connectivity index (χ2n) is 10.2. The predicted octanol–water partition coefficient (Wildman–Crippen LogP) is 3.79. The summed E-state index contributed by atoms with van der Waals surface area (Å²) in [6.07, 6.45) is 6.35. The van der Waals surface area contributed by atoms with Crippen LogP contribution in [0.25, 0.3) is 5.57 Å². The Kier molecular flexibility index (Phi) is 4.57. The number of nitrogens with one attached hydrogen (secondary N) is 1. The van der Waals surface area contributed by atoms with Crippen molar-refractivity contribution < 1.29 is 14.6 Å². The molecule has 3 aromatic rings. The summed E-state index contributed by atoms with van der Waals surface area (Å²) >= 11 is 0. The Morgan fingerprint density at radius 1 is 0.971 bits per heavy atom. The molecule has 0 radical (unpaired) electrons. The average molecular weight is 466 g/mol. The number of hydrogen-bond donors (Lipinski definition) is 2. The third-order valence-electron chi connectivity index (χ3n) is 8.12. The molecule has 35 heavy (non-hydrogen) atoms. The van der Waals surface area contributed by atoms with Gasteiger partial charge in [-0.25, -0.2) is 9.37 Å². The van der Waals surface area contributed by atoms with E-state index in [0.29, 0.717) is 5.56 Å². The molecule has 0 saturated carbocycles. The van der Waals surface area contributed by atoms with Gasteiger partial charge in [0.2, 0.25) is 5.36 Å². The van der Waals surface area contributed by atoms with E-state index >= 15 is 0 Å². The van der Waals surface area contributed by atoms with Crippen LogP contribution >= 0.6 is 0 Å². The van der Waals surface area contributed by atoms with Crippen molar-refractivity contribution >= 4 is 17.2 Å². The highest BCUT2D eigenvalue weighted by molar-refractivity contribution is 5.99. The number of carboxylic acids is 1. The topological polar surface area (TPSA) is 61.6 Å². The summed E-state index contributed by atoms with van der Waals surface area (Å²) in [5.41, 5.74) is 9.38. The fourth-order valence-electron chi connectivity index (χ4n) is 6.69. The van der Waals surface area contributed by atoms with E-state index in [1.165, 1.54) is 33.3 Å². The number of fused-ring (bicyclic) bond motifs is 5. The van der Waals surface area contributed by atoms with Crippen molar-refractivity contribution in [3.63, 3.8) is 0 Å². The predicted molar refractivity (Wildman–Crippen MR) is 136 cm³/mol. The highest BCUT2D eigenvalue weighted by atomic mass is 16.5. The summed E-state index contributed by atoms with van der Waals surface area (Å²) in [4.78, 5) is 12.3. The molecule has 4 aliphatic rings. The summed E-state index contributed by atoms with van der Waals surface area (Å²) in [6, 6.07) is 11.9. The molecule has 0 aromatic heterocycles. The lowest BCUT2D eigenvalue weighted by Crippen LogP contribution is -2.45. The van der Waals surface area contributed by atoms with Gasteiger partial charge in [-0.05, 0) is 61.9 Å². The number of hydrogen-bond acceptors (Lipinski definition) is 3. The van der Waals surface area contributed by atoms with Gasteiger partial charge in [-0.3, -0.25) is 0 Å². The van der Waals surface area contributed by atoms with E-state index in [0.717, 1.165) is 91.6 Å². The standard InChI is InChI=1S/C30H28N2O3/c1-17-15-23-25(19-8-2-3-9-20(19)30(33)34)24-16-18-7-5-13-32-14-6-11-22(27(18)32)29(24)35-28(23)21-10-4-12-31-26(17)21/h2-3,8-9,15-16H,4-7,10-14H2,1H3,(H,33,34)/p+1. The highest BCUT2D eigenvalue weighted by Crippen LogP contribution is 2.45. The zero-order valence-corrected chi connectivity index (χ0v) is 20.0. The molecule has 2 N–H and O–H groups in total. The van der Waals surface area contributed by atoms with Gasteiger partial charge in [-0.1, -0.05) is 18.2 Å². The van der Waals surface area contributed by atoms with Gasteiger partial charge >= 0.3 is 5.97 Å². The zero-order chi connectivity index (χ0) is 23.7. The lowest BCUT2D eigenvalue weighted by molar-refractivity contribution is 0.0696. The molecule has 0 fully saturated rings. The van der Waals surface area contributed by atoms with Crippen molar-refractivity contribution in [3.8, 4) is 11.5 Å². The van der Waals surface area contributed by atoms with Crippen molar-refractivity contribution in [2.75, 3.05) is 25.0 Å². The number of rotatable bonds is 2. The Hall–Kier alpha value is -3.60. The Labute approximate surface area is 204 Å². The van der Waals surface area contributed by atoms with Gasteiger partial charge in [0.1, 0.15) is 24.6 Å². The fourth-order valence-corrected chi connectivity index (χ4v) is 6.69. The first-order chi connectivity index (χ1) is 17.1. The van der Waals surface area contributed by atoms with Crippen molar-refractivity contribution in [1.82, 2.24) is 4.58 Å². The molecule has 0 unspecified atom stereocenters. The summed E-state index contributed by atoms with van der Waals surface area (Å²) in [5.74, 6) is 0.948. The van der Waals surface area contributed by atoms with Crippen LogP contribution in [-0.2, 0) is 19.3 Å². The SMILES string of the molecule is Cc1cc2c(c3c1NCCC3)Oc1c3c4c(cc1=C2c1ccccc1C(=O)O)CCC[N+]=4CCC3. The molecule has 0 bridgehead atoms. The number of aromatic carboxylic acids is 1. The third-order valence-corrected chi connectivity index (χ3v) is 8.12. The van der Waals surface area contributed by atoms with E-state index in [1.54, 1.807) is 6.07 Å². The van der Waals surface area contributed by atoms with E-state index in [4.69, 9.17) is 4.74 Å². The Bertz CT molecular complexity index is 1560. The van der Waals surface area contributed by atoms with Crippen LogP contribution < -0.4 is 25.2 Å². The first-order valence-electron chi connectivity index (χ1n) is 12.8. The van der Waals surface area contributed by atoms with Gasteiger partial charge in [0.05, 0.1) is 11.1 Å². The minimum atomic E-state index is -0.899.